The van der Waals surface area contributed by atoms with Gasteiger partial charge in [-0.05, 0) is 31.0 Å². The highest BCUT2D eigenvalue weighted by Gasteiger charge is 2.15. The van der Waals surface area contributed by atoms with E-state index in [0.29, 0.717) is 19.3 Å². The number of phenols is 1. The van der Waals surface area contributed by atoms with Crippen molar-refractivity contribution >= 4 is 21.8 Å². The van der Waals surface area contributed by atoms with Crippen molar-refractivity contribution < 1.29 is 14.6 Å². The van der Waals surface area contributed by atoms with Gasteiger partial charge in [-0.2, -0.15) is 0 Å². The molecule has 0 aliphatic heterocycles. The lowest BCUT2D eigenvalue weighted by Gasteiger charge is -2.11. The fourth-order valence-electron chi connectivity index (χ4n) is 2.24. The van der Waals surface area contributed by atoms with Gasteiger partial charge >= 0.3 is 0 Å². The van der Waals surface area contributed by atoms with Crippen LogP contribution in [0.1, 0.15) is 36.0 Å². The lowest BCUT2D eigenvalue weighted by molar-refractivity contribution is 0.0581. The van der Waals surface area contributed by atoms with E-state index in [-0.39, 0.29) is 17.2 Å². The molecule has 0 spiro atoms. The zero-order valence-electron chi connectivity index (χ0n) is 10.7. The predicted molar refractivity (Wildman–Crippen MR) is 76.3 cm³/mol. The van der Waals surface area contributed by atoms with Crippen molar-refractivity contribution in [3.05, 3.63) is 28.2 Å². The van der Waals surface area contributed by atoms with Crippen LogP contribution >= 0.6 is 15.9 Å². The number of hydrogen-bond acceptors (Lipinski definition) is 3. The second kappa shape index (κ2) is 6.91. The first-order valence-electron chi connectivity index (χ1n) is 6.55. The molecule has 1 aromatic rings. The summed E-state index contributed by atoms with van der Waals surface area (Å²) in [5.74, 6) is -0.302. The second-order valence-electron chi connectivity index (χ2n) is 4.69. The number of nitrogens with one attached hydrogen (secondary N) is 1. The number of amides is 1. The van der Waals surface area contributed by atoms with Gasteiger partial charge in [0, 0.05) is 11.0 Å². The predicted octanol–water partition coefficient (Wildman–Crippen LogP) is 2.84. The number of phenolic OH excluding ortho intramolecular Hbond substituents is 1. The molecule has 1 aliphatic rings. The molecule has 2 rings (SSSR count). The molecular weight excluding hydrogens is 310 g/mol. The SMILES string of the molecule is O=C(NCCOC1CCCC1)c1ccc(Br)cc1O. The van der Waals surface area contributed by atoms with Crippen LogP contribution < -0.4 is 5.32 Å². The molecule has 0 heterocycles. The molecule has 1 aromatic carbocycles. The summed E-state index contributed by atoms with van der Waals surface area (Å²) in [6.07, 6.45) is 5.09. The normalized spacial score (nSPS) is 15.6. The van der Waals surface area contributed by atoms with Gasteiger partial charge in [0.05, 0.1) is 18.3 Å². The van der Waals surface area contributed by atoms with Crippen LogP contribution in [0.3, 0.4) is 0 Å². The molecule has 0 atom stereocenters. The average molecular weight is 328 g/mol. The van der Waals surface area contributed by atoms with Crippen LogP contribution in [0.5, 0.6) is 5.75 Å². The minimum atomic E-state index is -0.278. The highest BCUT2D eigenvalue weighted by Crippen LogP contribution is 2.22. The largest absolute Gasteiger partial charge is 0.507 e. The summed E-state index contributed by atoms with van der Waals surface area (Å²) in [6.45, 7) is 0.985. The Morgan fingerprint density at radius 2 is 2.16 bits per heavy atom. The van der Waals surface area contributed by atoms with Crippen LogP contribution in [-0.4, -0.2) is 30.3 Å². The van der Waals surface area contributed by atoms with Gasteiger partial charge in [-0.3, -0.25) is 4.79 Å². The number of benzene rings is 1. The quantitative estimate of drug-likeness (QED) is 0.817. The summed E-state index contributed by atoms with van der Waals surface area (Å²) >= 11 is 3.24. The van der Waals surface area contributed by atoms with Gasteiger partial charge < -0.3 is 15.2 Å². The van der Waals surface area contributed by atoms with E-state index in [2.05, 4.69) is 21.2 Å². The van der Waals surface area contributed by atoms with Gasteiger partial charge in [0.1, 0.15) is 5.75 Å². The molecule has 19 heavy (non-hydrogen) atoms. The van der Waals surface area contributed by atoms with Gasteiger partial charge in [-0.25, -0.2) is 0 Å². The molecule has 104 valence electrons. The van der Waals surface area contributed by atoms with E-state index in [9.17, 15) is 9.90 Å². The molecule has 1 fully saturated rings. The first kappa shape index (κ1) is 14.3. The summed E-state index contributed by atoms with van der Waals surface area (Å²) < 4.78 is 6.40. The van der Waals surface area contributed by atoms with Crippen molar-refractivity contribution in [2.75, 3.05) is 13.2 Å². The Labute approximate surface area is 121 Å². The molecule has 4 nitrogen and oxygen atoms in total. The van der Waals surface area contributed by atoms with E-state index < -0.39 is 0 Å². The first-order valence-corrected chi connectivity index (χ1v) is 7.34. The number of ether oxygens (including phenoxy) is 1. The molecule has 1 saturated carbocycles. The van der Waals surface area contributed by atoms with Gasteiger partial charge in [0.2, 0.25) is 0 Å². The second-order valence-corrected chi connectivity index (χ2v) is 5.61. The first-order chi connectivity index (χ1) is 9.16. The van der Waals surface area contributed by atoms with Crippen LogP contribution in [-0.2, 0) is 4.74 Å². The number of carbonyl (C=O) groups excluding carboxylic acids is 1. The lowest BCUT2D eigenvalue weighted by atomic mass is 10.2. The topological polar surface area (TPSA) is 58.6 Å². The molecular formula is C14H18BrNO3. The maximum absolute atomic E-state index is 11.8. The van der Waals surface area contributed by atoms with Crippen molar-refractivity contribution in [3.8, 4) is 5.75 Å². The number of rotatable bonds is 5. The summed E-state index contributed by atoms with van der Waals surface area (Å²) in [5, 5.41) is 12.4. The molecule has 1 amide bonds. The lowest BCUT2D eigenvalue weighted by Crippen LogP contribution is -2.28. The average Bonchev–Trinajstić information content (AvgIpc) is 2.87. The molecule has 2 N–H and O–H groups in total. The Balaban J connectivity index is 1.74. The molecule has 0 bridgehead atoms. The number of halogens is 1. The molecule has 0 radical (unpaired) electrons. The van der Waals surface area contributed by atoms with Crippen LogP contribution in [0.2, 0.25) is 0 Å². The Kier molecular flexibility index (Phi) is 5.22. The standard InChI is InChI=1S/C14H18BrNO3/c15-10-5-6-12(13(17)9-10)14(18)16-7-8-19-11-3-1-2-4-11/h5-6,9,11,17H,1-4,7-8H2,(H,16,18). The van der Waals surface area contributed by atoms with Crippen molar-refractivity contribution in [1.82, 2.24) is 5.32 Å². The minimum absolute atomic E-state index is 0.0245. The Morgan fingerprint density at radius 1 is 1.42 bits per heavy atom. The van der Waals surface area contributed by atoms with E-state index in [1.165, 1.54) is 18.9 Å². The van der Waals surface area contributed by atoms with E-state index in [0.717, 1.165) is 17.3 Å². The van der Waals surface area contributed by atoms with Crippen LogP contribution in [0.4, 0.5) is 0 Å². The van der Waals surface area contributed by atoms with E-state index in [1.807, 2.05) is 0 Å². The van der Waals surface area contributed by atoms with Crippen LogP contribution in [0.25, 0.3) is 0 Å². The fourth-order valence-corrected chi connectivity index (χ4v) is 2.59. The van der Waals surface area contributed by atoms with E-state index in [4.69, 9.17) is 4.74 Å². The third kappa shape index (κ3) is 4.21. The van der Waals surface area contributed by atoms with Crippen molar-refractivity contribution in [2.24, 2.45) is 0 Å². The number of carbonyl (C=O) groups is 1. The zero-order valence-corrected chi connectivity index (χ0v) is 12.3. The summed E-state index contributed by atoms with van der Waals surface area (Å²) in [6, 6.07) is 4.82. The summed E-state index contributed by atoms with van der Waals surface area (Å²) in [4.78, 5) is 11.8. The maximum atomic E-state index is 11.8. The smallest absolute Gasteiger partial charge is 0.255 e. The van der Waals surface area contributed by atoms with Gasteiger partial charge in [0.15, 0.2) is 0 Å². The van der Waals surface area contributed by atoms with Gasteiger partial charge in [0.25, 0.3) is 5.91 Å². The van der Waals surface area contributed by atoms with E-state index in [1.54, 1.807) is 12.1 Å². The Hall–Kier alpha value is -1.07. The maximum Gasteiger partial charge on any atom is 0.255 e. The Bertz CT molecular complexity index is 444. The zero-order chi connectivity index (χ0) is 13.7. The Morgan fingerprint density at radius 3 is 2.84 bits per heavy atom. The monoisotopic (exact) mass is 327 g/mol. The van der Waals surface area contributed by atoms with Crippen LogP contribution in [0.15, 0.2) is 22.7 Å². The highest BCUT2D eigenvalue weighted by atomic mass is 79.9. The third-order valence-electron chi connectivity index (χ3n) is 3.25. The molecule has 5 heteroatoms. The van der Waals surface area contributed by atoms with Gasteiger partial charge in [-0.1, -0.05) is 28.8 Å². The summed E-state index contributed by atoms with van der Waals surface area (Å²) in [5.41, 5.74) is 0.282. The third-order valence-corrected chi connectivity index (χ3v) is 3.74. The van der Waals surface area contributed by atoms with E-state index >= 15 is 0 Å². The molecule has 0 aromatic heterocycles. The highest BCUT2D eigenvalue weighted by molar-refractivity contribution is 9.10. The molecule has 0 unspecified atom stereocenters. The van der Waals surface area contributed by atoms with Crippen molar-refractivity contribution in [3.63, 3.8) is 0 Å². The van der Waals surface area contributed by atoms with Gasteiger partial charge in [-0.15, -0.1) is 0 Å². The molecule has 0 saturated heterocycles. The summed E-state index contributed by atoms with van der Waals surface area (Å²) in [7, 11) is 0. The van der Waals surface area contributed by atoms with Crippen molar-refractivity contribution in [2.45, 2.75) is 31.8 Å². The van der Waals surface area contributed by atoms with Crippen molar-refractivity contribution in [1.29, 1.82) is 0 Å². The number of hydrogen-bond donors (Lipinski definition) is 2. The molecule has 1 aliphatic carbocycles. The van der Waals surface area contributed by atoms with Crippen LogP contribution in [0, 0.1) is 0 Å². The fraction of sp³-hybridized carbons (Fsp3) is 0.500. The number of aromatic hydroxyl groups is 1. The minimum Gasteiger partial charge on any atom is -0.507 e.